The summed E-state index contributed by atoms with van der Waals surface area (Å²) >= 11 is 6.43. The van der Waals surface area contributed by atoms with Gasteiger partial charge in [0.05, 0.1) is 11.9 Å². The van der Waals surface area contributed by atoms with Crippen molar-refractivity contribution in [3.63, 3.8) is 0 Å². The molecule has 0 radical (unpaired) electrons. The molecule has 224 valence electrons. The summed E-state index contributed by atoms with van der Waals surface area (Å²) in [5.41, 5.74) is 6.23. The van der Waals surface area contributed by atoms with Crippen LogP contribution in [0.2, 0.25) is 0 Å². The summed E-state index contributed by atoms with van der Waals surface area (Å²) in [7, 11) is 0. The van der Waals surface area contributed by atoms with Gasteiger partial charge in [-0.1, -0.05) is 38.4 Å². The summed E-state index contributed by atoms with van der Waals surface area (Å²) in [6.07, 6.45) is 6.82. The van der Waals surface area contributed by atoms with Crippen molar-refractivity contribution in [1.29, 1.82) is 0 Å². The van der Waals surface area contributed by atoms with Crippen LogP contribution < -0.4 is 0 Å². The average Bonchev–Trinajstić information content (AvgIpc) is 2.94. The van der Waals surface area contributed by atoms with Crippen molar-refractivity contribution in [2.45, 2.75) is 41.5 Å². The number of rotatable bonds is 6. The second-order valence-corrected chi connectivity index (χ2v) is 10.1. The van der Waals surface area contributed by atoms with Crippen molar-refractivity contribution in [3.8, 4) is 0 Å². The van der Waals surface area contributed by atoms with Crippen LogP contribution in [0.15, 0.2) is 84.4 Å². The van der Waals surface area contributed by atoms with E-state index in [4.69, 9.17) is 4.74 Å². The van der Waals surface area contributed by atoms with Crippen molar-refractivity contribution < 1.29 is 14.3 Å². The van der Waals surface area contributed by atoms with E-state index in [1.54, 1.807) is 56.0 Å². The Balaban J connectivity index is 0.000000534. The summed E-state index contributed by atoms with van der Waals surface area (Å²) in [6, 6.07) is 14.7. The largest absolute Gasteiger partial charge is 0.494 e. The second kappa shape index (κ2) is 21.6. The average molecular weight is 765 g/mol. The van der Waals surface area contributed by atoms with Crippen molar-refractivity contribution >= 4 is 66.2 Å². The first kappa shape index (κ1) is 38.9. The number of aromatic nitrogens is 4. The van der Waals surface area contributed by atoms with Crippen molar-refractivity contribution in [1.82, 2.24) is 19.9 Å². The van der Waals surface area contributed by atoms with Crippen LogP contribution in [0.5, 0.6) is 0 Å². The van der Waals surface area contributed by atoms with Gasteiger partial charge in [-0.3, -0.25) is 29.5 Å². The van der Waals surface area contributed by atoms with Gasteiger partial charge in [0.15, 0.2) is 11.6 Å². The lowest BCUT2D eigenvalue weighted by molar-refractivity contribution is 0.101. The zero-order valence-electron chi connectivity index (χ0n) is 24.7. The van der Waals surface area contributed by atoms with Gasteiger partial charge in [0.1, 0.15) is 5.76 Å². The molecule has 0 aliphatic rings. The summed E-state index contributed by atoms with van der Waals surface area (Å²) in [6.45, 7) is 15.6. The molecule has 0 aromatic carbocycles. The van der Waals surface area contributed by atoms with Gasteiger partial charge < -0.3 is 4.74 Å². The number of carbonyl (C=O) groups is 2. The molecule has 4 rings (SSSR count). The lowest BCUT2D eigenvalue weighted by atomic mass is 10.2. The minimum absolute atomic E-state index is 0. The number of hydrogen-bond donors (Lipinski definition) is 0. The van der Waals surface area contributed by atoms with E-state index in [1.165, 1.54) is 0 Å². The van der Waals surface area contributed by atoms with Gasteiger partial charge in [0.25, 0.3) is 0 Å². The maximum atomic E-state index is 11.1. The van der Waals surface area contributed by atoms with Gasteiger partial charge in [0.2, 0.25) is 0 Å². The first-order valence-corrected chi connectivity index (χ1v) is 14.7. The Bertz CT molecular complexity index is 1410. The SMILES string of the molecule is Br.C=C(OCC)c1ccnc(C)c1.CC(=O)c1ccnc(C)c1.Cc1cc(Br)ccn1.Cc1cc(C(=O)CBr)ccn1. The highest BCUT2D eigenvalue weighted by atomic mass is 79.9. The predicted molar refractivity (Wildman–Crippen MR) is 183 cm³/mol. The van der Waals surface area contributed by atoms with Gasteiger partial charge in [-0.05, 0) is 90.1 Å². The van der Waals surface area contributed by atoms with Crippen molar-refractivity contribution in [2.24, 2.45) is 0 Å². The van der Waals surface area contributed by atoms with Crippen LogP contribution >= 0.6 is 48.8 Å². The Hall–Kier alpha value is -3.08. The van der Waals surface area contributed by atoms with Gasteiger partial charge >= 0.3 is 0 Å². The monoisotopic (exact) mass is 762 g/mol. The van der Waals surface area contributed by atoms with Crippen LogP contribution in [0.1, 0.15) is 62.9 Å². The minimum Gasteiger partial charge on any atom is -0.494 e. The Kier molecular flexibility index (Phi) is 20.0. The smallest absolute Gasteiger partial charge is 0.173 e. The number of hydrogen-bond acceptors (Lipinski definition) is 7. The molecule has 4 aromatic rings. The number of pyridine rings is 4. The third-order valence-corrected chi connectivity index (χ3v) is 6.04. The van der Waals surface area contributed by atoms with E-state index in [2.05, 4.69) is 58.4 Å². The first-order chi connectivity index (χ1) is 19.5. The molecule has 0 spiro atoms. The number of Topliss-reactive ketones (excluding diaryl/α,β-unsaturated/α-hetero) is 2. The third-order valence-electron chi connectivity index (χ3n) is 5.04. The normalized spacial score (nSPS) is 9.24. The fourth-order valence-corrected chi connectivity index (χ4v) is 3.82. The second-order valence-electron chi connectivity index (χ2n) is 8.64. The maximum Gasteiger partial charge on any atom is 0.173 e. The lowest BCUT2D eigenvalue weighted by Gasteiger charge is -2.06. The molecule has 7 nitrogen and oxygen atoms in total. The number of ketones is 2. The van der Waals surface area contributed by atoms with Crippen LogP contribution in [-0.2, 0) is 4.74 Å². The van der Waals surface area contributed by atoms with E-state index in [0.717, 1.165) is 43.9 Å². The topological polar surface area (TPSA) is 94.9 Å². The van der Waals surface area contributed by atoms with E-state index in [-0.39, 0.29) is 28.5 Å². The summed E-state index contributed by atoms with van der Waals surface area (Å²) in [4.78, 5) is 37.9. The number of aryl methyl sites for hydroxylation is 4. The molecular formula is C32H37Br3N4O3. The molecular weight excluding hydrogens is 728 g/mol. The highest BCUT2D eigenvalue weighted by molar-refractivity contribution is 9.10. The Labute approximate surface area is 276 Å². The zero-order chi connectivity index (χ0) is 30.8. The van der Waals surface area contributed by atoms with E-state index >= 15 is 0 Å². The number of halogens is 3. The molecule has 0 saturated carbocycles. The van der Waals surface area contributed by atoms with Crippen LogP contribution in [0.3, 0.4) is 0 Å². The molecule has 42 heavy (non-hydrogen) atoms. The lowest BCUT2D eigenvalue weighted by Crippen LogP contribution is -2.00. The number of ether oxygens (including phenoxy) is 1. The molecule has 0 aliphatic heterocycles. The minimum atomic E-state index is 0. The van der Waals surface area contributed by atoms with Crippen molar-refractivity contribution in [2.75, 3.05) is 11.9 Å². The fraction of sp³-hybridized carbons (Fsp3) is 0.250. The Morgan fingerprint density at radius 1 is 0.738 bits per heavy atom. The molecule has 4 aromatic heterocycles. The standard InChI is InChI=1S/C10H13NO.C8H8BrNO.C8H9NO.C6H6BrN.BrH/c1-4-12-9(3)10-5-6-11-8(2)7-10;1-6-4-7(2-3-10-6)8(11)5-9;1-6-5-8(7(2)10)3-4-9-6;1-5-4-6(7)2-3-8-5;/h5-7H,3-4H2,1-2H3;2-4H,5H2,1H3;3-5H,1-2H3;2-4H,1H3;1H. The molecule has 4 heterocycles. The molecule has 0 bridgehead atoms. The van der Waals surface area contributed by atoms with Gasteiger partial charge in [-0.2, -0.15) is 0 Å². The Morgan fingerprint density at radius 3 is 1.50 bits per heavy atom. The number of nitrogens with zero attached hydrogens (tertiary/aromatic N) is 4. The fourth-order valence-electron chi connectivity index (χ4n) is 3.05. The molecule has 0 fully saturated rings. The molecule has 0 unspecified atom stereocenters. The summed E-state index contributed by atoms with van der Waals surface area (Å²) < 4.78 is 6.35. The van der Waals surface area contributed by atoms with Crippen LogP contribution in [0.4, 0.5) is 0 Å². The first-order valence-electron chi connectivity index (χ1n) is 12.7. The number of carbonyl (C=O) groups excluding carboxylic acids is 2. The molecule has 0 N–H and O–H groups in total. The molecule has 0 atom stereocenters. The molecule has 0 aliphatic carbocycles. The number of alkyl halides is 1. The maximum absolute atomic E-state index is 11.1. The van der Waals surface area contributed by atoms with E-state index in [1.807, 2.05) is 58.9 Å². The molecule has 0 amide bonds. The van der Waals surface area contributed by atoms with Crippen molar-refractivity contribution in [3.05, 3.63) is 124 Å². The predicted octanol–water partition coefficient (Wildman–Crippen LogP) is 8.69. The molecule has 0 saturated heterocycles. The van der Waals surface area contributed by atoms with Crippen LogP contribution in [-0.4, -0.2) is 43.4 Å². The quantitative estimate of drug-likeness (QED) is 0.110. The van der Waals surface area contributed by atoms with E-state index < -0.39 is 0 Å². The zero-order valence-corrected chi connectivity index (χ0v) is 29.6. The van der Waals surface area contributed by atoms with Crippen LogP contribution in [0.25, 0.3) is 5.76 Å². The summed E-state index contributed by atoms with van der Waals surface area (Å²) in [5, 5.41) is 0.371. The van der Waals surface area contributed by atoms with Gasteiger partial charge in [-0.25, -0.2) is 0 Å². The molecule has 10 heteroatoms. The van der Waals surface area contributed by atoms with Gasteiger partial charge in [-0.15, -0.1) is 17.0 Å². The van der Waals surface area contributed by atoms with Gasteiger partial charge in [0, 0.05) is 68.7 Å². The Morgan fingerprint density at radius 2 is 1.14 bits per heavy atom. The third kappa shape index (κ3) is 16.4. The van der Waals surface area contributed by atoms with E-state index in [0.29, 0.717) is 17.7 Å². The highest BCUT2D eigenvalue weighted by Gasteiger charge is 2.02. The van der Waals surface area contributed by atoms with E-state index in [9.17, 15) is 9.59 Å². The highest BCUT2D eigenvalue weighted by Crippen LogP contribution is 2.13. The van der Waals surface area contributed by atoms with Crippen LogP contribution in [0, 0.1) is 27.7 Å². The summed E-state index contributed by atoms with van der Waals surface area (Å²) in [5.74, 6) is 0.893.